The number of pyridine rings is 1. The van der Waals surface area contributed by atoms with E-state index in [1.165, 1.54) is 0 Å². The Morgan fingerprint density at radius 2 is 2.00 bits per heavy atom. The molecule has 0 aliphatic heterocycles. The summed E-state index contributed by atoms with van der Waals surface area (Å²) in [4.78, 5) is 13.6. The predicted molar refractivity (Wildman–Crippen MR) is 39.6 cm³/mol. The van der Waals surface area contributed by atoms with Gasteiger partial charge in [-0.25, -0.2) is 0 Å². The Bertz CT molecular complexity index is 383. The van der Waals surface area contributed by atoms with E-state index < -0.39 is 29.4 Å². The number of aliphatic hydroxyl groups excluding tert-OH is 1. The van der Waals surface area contributed by atoms with Gasteiger partial charge in [-0.3, -0.25) is 4.98 Å². The van der Waals surface area contributed by atoms with Crippen molar-refractivity contribution in [2.24, 2.45) is 0 Å². The van der Waals surface area contributed by atoms with Gasteiger partial charge >= 0.3 is 25.0 Å². The molecule has 1 rings (SSSR count). The molecule has 8 heteroatoms. The summed E-state index contributed by atoms with van der Waals surface area (Å²) < 4.78 is 36.1. The minimum atomic E-state index is -4.85. The van der Waals surface area contributed by atoms with Crippen LogP contribution in [0.1, 0.15) is 22.0 Å². The van der Waals surface area contributed by atoms with Gasteiger partial charge in [0.05, 0.1) is 5.97 Å². The maximum Gasteiger partial charge on any atom is 1.00 e. The number of carbonyl (C=O) groups excluding carboxylic acids is 1. The summed E-state index contributed by atoms with van der Waals surface area (Å²) in [6, 6.07) is 0.667. The Balaban J connectivity index is 0.00000225. The molecule has 82 valence electrons. The number of carboxylic acids is 1. The van der Waals surface area contributed by atoms with Gasteiger partial charge in [0.2, 0.25) is 0 Å². The van der Waals surface area contributed by atoms with Crippen LogP contribution in [0.2, 0.25) is 0 Å². The molecule has 0 saturated heterocycles. The number of aliphatic hydroxyl groups is 1. The molecule has 0 bridgehead atoms. The van der Waals surface area contributed by atoms with Crippen molar-refractivity contribution in [1.29, 1.82) is 0 Å². The summed E-state index contributed by atoms with van der Waals surface area (Å²) in [5.74, 6) is -1.65. The second kappa shape index (κ2) is 5.34. The van der Waals surface area contributed by atoms with Crippen LogP contribution in [0.3, 0.4) is 0 Å². The molecule has 1 atom stereocenters. The Morgan fingerprint density at radius 1 is 1.44 bits per heavy atom. The third-order valence-electron chi connectivity index (χ3n) is 1.62. The molecule has 0 aliphatic rings. The smallest absolute Gasteiger partial charge is 0.545 e. The first-order valence-electron chi connectivity index (χ1n) is 3.73. The van der Waals surface area contributed by atoms with Crippen LogP contribution in [0.5, 0.6) is 0 Å². The van der Waals surface area contributed by atoms with Gasteiger partial charge in [0.25, 0.3) is 0 Å². The molecule has 1 heterocycles. The molecule has 0 aromatic carbocycles. The zero-order valence-corrected chi connectivity index (χ0v) is 8.15. The number of hydrogen-bond acceptors (Lipinski definition) is 4. The van der Waals surface area contributed by atoms with E-state index in [1.807, 2.05) is 0 Å². The quantitative estimate of drug-likeness (QED) is 0.548. The molecule has 1 aromatic heterocycles. The Morgan fingerprint density at radius 3 is 2.44 bits per heavy atom. The van der Waals surface area contributed by atoms with E-state index in [2.05, 4.69) is 4.98 Å². The number of nitrogens with zero attached hydrogens (tertiary/aromatic N) is 1. The molecule has 1 N–H and O–H groups in total. The van der Waals surface area contributed by atoms with Gasteiger partial charge in [-0.15, -0.1) is 0 Å². The average molecular weight is 227 g/mol. The summed E-state index contributed by atoms with van der Waals surface area (Å²) >= 11 is 0. The van der Waals surface area contributed by atoms with Crippen molar-refractivity contribution >= 4 is 5.97 Å². The van der Waals surface area contributed by atoms with Crippen molar-refractivity contribution in [3.63, 3.8) is 0 Å². The molecule has 0 aliphatic carbocycles. The van der Waals surface area contributed by atoms with Crippen LogP contribution in [0.25, 0.3) is 0 Å². The first kappa shape index (κ1) is 15.0. The molecule has 1 unspecified atom stereocenters. The molecular formula is C8H5F3LiNO3. The first-order valence-corrected chi connectivity index (χ1v) is 3.73. The summed E-state index contributed by atoms with van der Waals surface area (Å²) in [7, 11) is 0. The summed E-state index contributed by atoms with van der Waals surface area (Å²) in [6.45, 7) is 0. The second-order valence-corrected chi connectivity index (χ2v) is 2.74. The number of rotatable bonds is 2. The van der Waals surface area contributed by atoms with Crippen molar-refractivity contribution < 1.29 is 47.0 Å². The first-order chi connectivity index (χ1) is 6.82. The van der Waals surface area contributed by atoms with Gasteiger partial charge in [-0.1, -0.05) is 0 Å². The minimum absolute atomic E-state index is 0. The number of alkyl halides is 3. The van der Waals surface area contributed by atoms with E-state index in [1.54, 1.807) is 0 Å². The van der Waals surface area contributed by atoms with Gasteiger partial charge in [0.1, 0.15) is 0 Å². The van der Waals surface area contributed by atoms with E-state index in [0.29, 0.717) is 6.07 Å². The molecule has 1 aromatic rings. The van der Waals surface area contributed by atoms with Crippen LogP contribution in [-0.2, 0) is 0 Å². The molecule has 4 nitrogen and oxygen atoms in total. The fourth-order valence-electron chi connectivity index (χ4n) is 0.908. The van der Waals surface area contributed by atoms with Crippen molar-refractivity contribution in [2.45, 2.75) is 12.3 Å². The van der Waals surface area contributed by atoms with Crippen molar-refractivity contribution in [1.82, 2.24) is 4.98 Å². The molecule has 0 saturated carbocycles. The average Bonchev–Trinajstić information content (AvgIpc) is 2.15. The fourth-order valence-corrected chi connectivity index (χ4v) is 0.908. The van der Waals surface area contributed by atoms with Gasteiger partial charge < -0.3 is 15.0 Å². The number of halogens is 3. The molecule has 0 amide bonds. The van der Waals surface area contributed by atoms with Crippen LogP contribution in [0, 0.1) is 0 Å². The van der Waals surface area contributed by atoms with Crippen LogP contribution in [0.4, 0.5) is 13.2 Å². The molecular weight excluding hydrogens is 222 g/mol. The summed E-state index contributed by atoms with van der Waals surface area (Å²) in [6.07, 6.45) is -6.03. The van der Waals surface area contributed by atoms with Crippen LogP contribution in [0.15, 0.2) is 18.5 Å². The third kappa shape index (κ3) is 3.52. The monoisotopic (exact) mass is 227 g/mol. The van der Waals surface area contributed by atoms with Crippen LogP contribution < -0.4 is 24.0 Å². The van der Waals surface area contributed by atoms with Crippen LogP contribution in [-0.4, -0.2) is 22.2 Å². The number of carboxylic acid groups (broad SMARTS) is 1. The van der Waals surface area contributed by atoms with E-state index >= 15 is 0 Å². The summed E-state index contributed by atoms with van der Waals surface area (Å²) in [5.41, 5.74) is -1.15. The minimum Gasteiger partial charge on any atom is -0.545 e. The third-order valence-corrected chi connectivity index (χ3v) is 1.62. The number of hydrogen-bond donors (Lipinski definition) is 1. The molecule has 16 heavy (non-hydrogen) atoms. The van der Waals surface area contributed by atoms with Gasteiger partial charge in [0, 0.05) is 23.5 Å². The van der Waals surface area contributed by atoms with Gasteiger partial charge in [-0.05, 0) is 6.07 Å². The van der Waals surface area contributed by atoms with Gasteiger partial charge in [0.15, 0.2) is 6.10 Å². The van der Waals surface area contributed by atoms with E-state index in [0.717, 1.165) is 12.4 Å². The SMILES string of the molecule is O=C([O-])c1cncc(C(O)C(F)(F)F)c1.[Li+]. The normalized spacial score (nSPS) is 12.8. The topological polar surface area (TPSA) is 73.2 Å². The second-order valence-electron chi connectivity index (χ2n) is 2.74. The maximum atomic E-state index is 12.0. The number of aromatic carboxylic acids is 1. The van der Waals surface area contributed by atoms with E-state index in [-0.39, 0.29) is 18.9 Å². The zero-order chi connectivity index (χ0) is 11.6. The molecule has 0 fully saturated rings. The van der Waals surface area contributed by atoms with Crippen molar-refractivity contribution in [3.8, 4) is 0 Å². The van der Waals surface area contributed by atoms with Crippen molar-refractivity contribution in [3.05, 3.63) is 29.6 Å². The zero-order valence-electron chi connectivity index (χ0n) is 8.15. The predicted octanol–water partition coefficient (Wildman–Crippen LogP) is -2.96. The number of carbonyl (C=O) groups is 1. The summed E-state index contributed by atoms with van der Waals surface area (Å²) in [5, 5.41) is 19.1. The Labute approximate surface area is 100 Å². The maximum absolute atomic E-state index is 12.0. The van der Waals surface area contributed by atoms with Crippen molar-refractivity contribution in [2.75, 3.05) is 0 Å². The Kier molecular flexibility index (Phi) is 5.00. The standard InChI is InChI=1S/C8H6F3NO3.Li/c9-8(10,11)6(13)4-1-5(7(14)15)3-12-2-4;/h1-3,6,13H,(H,14,15);/q;+1/p-1. The largest absolute Gasteiger partial charge is 1.00 e. The fraction of sp³-hybridized carbons (Fsp3) is 0.250. The van der Waals surface area contributed by atoms with Crippen LogP contribution >= 0.6 is 0 Å². The Hall–Kier alpha value is -1.03. The molecule has 0 radical (unpaired) electrons. The molecule has 0 spiro atoms. The van der Waals surface area contributed by atoms with Gasteiger partial charge in [-0.2, -0.15) is 13.2 Å². The number of aromatic nitrogens is 1. The van der Waals surface area contributed by atoms with E-state index in [4.69, 9.17) is 5.11 Å². The van der Waals surface area contributed by atoms with E-state index in [9.17, 15) is 23.1 Å².